The van der Waals surface area contributed by atoms with E-state index in [9.17, 15) is 9.59 Å². The zero-order valence-electron chi connectivity index (χ0n) is 13.9. The molecular weight excluding hydrogens is 419 g/mol. The van der Waals surface area contributed by atoms with E-state index in [1.165, 1.54) is 24.2 Å². The van der Waals surface area contributed by atoms with Crippen LogP contribution in [-0.2, 0) is 9.59 Å². The Bertz CT molecular complexity index is 557. The Hall–Kier alpha value is -1.12. The fraction of sp³-hybridized carbons (Fsp3) is 0.706. The second kappa shape index (κ2) is 7.01. The van der Waals surface area contributed by atoms with E-state index in [4.69, 9.17) is 0 Å². The zero-order valence-corrected chi connectivity index (χ0v) is 16.2. The highest BCUT2D eigenvalue weighted by molar-refractivity contribution is 14.0. The van der Waals surface area contributed by atoms with Crippen LogP contribution in [0.15, 0.2) is 17.1 Å². The van der Waals surface area contributed by atoms with Gasteiger partial charge in [-0.25, -0.2) is 0 Å². The third-order valence-corrected chi connectivity index (χ3v) is 5.86. The molecule has 2 saturated carbocycles. The summed E-state index contributed by atoms with van der Waals surface area (Å²) in [4.78, 5) is 30.8. The number of allylic oxidation sites excluding steroid dienone is 2. The van der Waals surface area contributed by atoms with E-state index in [1.807, 2.05) is 0 Å². The first-order chi connectivity index (χ1) is 11.2. The lowest BCUT2D eigenvalue weighted by Gasteiger charge is -2.28. The molecule has 0 aromatic heterocycles. The fourth-order valence-electron chi connectivity index (χ4n) is 4.41. The van der Waals surface area contributed by atoms with Crippen LogP contribution in [0.5, 0.6) is 0 Å². The zero-order chi connectivity index (χ0) is 16.0. The molecule has 1 saturated heterocycles. The molecule has 0 radical (unpaired) electrons. The Morgan fingerprint density at radius 3 is 2.33 bits per heavy atom. The lowest BCUT2D eigenvalue weighted by atomic mass is 9.85. The number of rotatable bonds is 4. The third-order valence-electron chi connectivity index (χ3n) is 5.86. The minimum atomic E-state index is -0.0927. The summed E-state index contributed by atoms with van der Waals surface area (Å²) in [5.41, 5.74) is 0. The van der Waals surface area contributed by atoms with E-state index >= 15 is 0 Å². The molecule has 0 aromatic carbocycles. The summed E-state index contributed by atoms with van der Waals surface area (Å²) in [7, 11) is 1.74. The number of nitrogens with one attached hydrogen (secondary N) is 2. The number of nitrogens with zero attached hydrogens (tertiary/aromatic N) is 2. The fourth-order valence-corrected chi connectivity index (χ4v) is 4.41. The van der Waals surface area contributed by atoms with Gasteiger partial charge in [0.15, 0.2) is 5.96 Å². The average Bonchev–Trinajstić information content (AvgIpc) is 3.17. The topological polar surface area (TPSA) is 73.8 Å². The minimum absolute atomic E-state index is 0. The van der Waals surface area contributed by atoms with Crippen molar-refractivity contribution in [1.82, 2.24) is 15.5 Å². The molecule has 2 amide bonds. The molecule has 4 aliphatic rings. The number of carbonyl (C=O) groups excluding carboxylic acids is 2. The van der Waals surface area contributed by atoms with Gasteiger partial charge in [0, 0.05) is 26.2 Å². The molecule has 0 aromatic rings. The number of guanidine groups is 1. The lowest BCUT2D eigenvalue weighted by Crippen LogP contribution is -2.48. The number of amides is 2. The molecule has 24 heavy (non-hydrogen) atoms. The molecule has 7 heteroatoms. The molecule has 3 aliphatic carbocycles. The largest absolute Gasteiger partial charge is 0.355 e. The Kier molecular flexibility index (Phi) is 5.17. The van der Waals surface area contributed by atoms with Crippen LogP contribution in [0.4, 0.5) is 0 Å². The maximum atomic E-state index is 12.6. The number of imide groups is 1. The van der Waals surface area contributed by atoms with Gasteiger partial charge in [0.05, 0.1) is 11.8 Å². The number of halogens is 1. The van der Waals surface area contributed by atoms with Crippen LogP contribution in [0.1, 0.15) is 25.7 Å². The lowest BCUT2D eigenvalue weighted by molar-refractivity contribution is -0.140. The number of hydrogen-bond donors (Lipinski definition) is 2. The van der Waals surface area contributed by atoms with Crippen molar-refractivity contribution in [3.8, 4) is 0 Å². The molecule has 6 nitrogen and oxygen atoms in total. The predicted octanol–water partition coefficient (Wildman–Crippen LogP) is 1.13. The Morgan fingerprint density at radius 2 is 1.83 bits per heavy atom. The smallest absolute Gasteiger partial charge is 0.233 e. The molecule has 2 bridgehead atoms. The van der Waals surface area contributed by atoms with E-state index < -0.39 is 0 Å². The monoisotopic (exact) mass is 444 g/mol. The van der Waals surface area contributed by atoms with Gasteiger partial charge in [0.2, 0.25) is 11.8 Å². The average molecular weight is 444 g/mol. The summed E-state index contributed by atoms with van der Waals surface area (Å²) >= 11 is 0. The van der Waals surface area contributed by atoms with E-state index in [2.05, 4.69) is 27.8 Å². The van der Waals surface area contributed by atoms with Gasteiger partial charge in [-0.1, -0.05) is 12.2 Å². The van der Waals surface area contributed by atoms with Gasteiger partial charge in [-0.3, -0.25) is 19.5 Å². The summed E-state index contributed by atoms with van der Waals surface area (Å²) in [5, 5.41) is 6.57. The summed E-state index contributed by atoms with van der Waals surface area (Å²) < 4.78 is 0. The van der Waals surface area contributed by atoms with Crippen molar-refractivity contribution in [3.05, 3.63) is 12.2 Å². The maximum Gasteiger partial charge on any atom is 0.233 e. The molecule has 132 valence electrons. The molecule has 4 rings (SSSR count). The first kappa shape index (κ1) is 17.7. The highest BCUT2D eigenvalue weighted by Gasteiger charge is 2.58. The van der Waals surface area contributed by atoms with Gasteiger partial charge < -0.3 is 10.6 Å². The maximum absolute atomic E-state index is 12.6. The second-order valence-corrected chi connectivity index (χ2v) is 7.10. The number of fused-ring (bicyclic) bond motifs is 5. The van der Waals surface area contributed by atoms with E-state index in [1.54, 1.807) is 7.05 Å². The Labute approximate surface area is 159 Å². The van der Waals surface area contributed by atoms with Gasteiger partial charge in [-0.15, -0.1) is 24.0 Å². The van der Waals surface area contributed by atoms with Crippen LogP contribution in [0.2, 0.25) is 0 Å². The van der Waals surface area contributed by atoms with Crippen LogP contribution in [-0.4, -0.2) is 48.9 Å². The third kappa shape index (κ3) is 2.84. The first-order valence-corrected chi connectivity index (χ1v) is 8.70. The van der Waals surface area contributed by atoms with Crippen molar-refractivity contribution in [2.24, 2.45) is 28.7 Å². The van der Waals surface area contributed by atoms with Gasteiger partial charge in [0.25, 0.3) is 0 Å². The molecule has 1 aliphatic heterocycles. The molecule has 0 spiro atoms. The van der Waals surface area contributed by atoms with Gasteiger partial charge in [0.1, 0.15) is 0 Å². The quantitative estimate of drug-likeness (QED) is 0.224. The normalized spacial score (nSPS) is 34.2. The van der Waals surface area contributed by atoms with Crippen LogP contribution in [0.3, 0.4) is 0 Å². The summed E-state index contributed by atoms with van der Waals surface area (Å²) in [6.45, 7) is 0.974. The minimum Gasteiger partial charge on any atom is -0.355 e. The van der Waals surface area contributed by atoms with E-state index in [0.717, 1.165) is 12.4 Å². The predicted molar refractivity (Wildman–Crippen MR) is 102 cm³/mol. The summed E-state index contributed by atoms with van der Waals surface area (Å²) in [6, 6.07) is 0.511. The van der Waals surface area contributed by atoms with Crippen LogP contribution < -0.4 is 10.6 Å². The van der Waals surface area contributed by atoms with Crippen LogP contribution in [0, 0.1) is 23.7 Å². The SMILES string of the molecule is CN=C(NCCN1C(=O)C2C3C=CC(C3)C2C1=O)NC1CCC1.I. The first-order valence-electron chi connectivity index (χ1n) is 8.70. The van der Waals surface area contributed by atoms with Crippen molar-refractivity contribution in [2.45, 2.75) is 31.7 Å². The molecule has 2 N–H and O–H groups in total. The summed E-state index contributed by atoms with van der Waals surface area (Å²) in [6.07, 6.45) is 8.87. The Morgan fingerprint density at radius 1 is 1.21 bits per heavy atom. The van der Waals surface area contributed by atoms with Gasteiger partial charge >= 0.3 is 0 Å². The van der Waals surface area contributed by atoms with Crippen LogP contribution >= 0.6 is 24.0 Å². The second-order valence-electron chi connectivity index (χ2n) is 7.10. The molecule has 4 unspecified atom stereocenters. The van der Waals surface area contributed by atoms with Crippen molar-refractivity contribution >= 4 is 41.8 Å². The van der Waals surface area contributed by atoms with Crippen LogP contribution in [0.25, 0.3) is 0 Å². The highest BCUT2D eigenvalue weighted by atomic mass is 127. The van der Waals surface area contributed by atoms with Crippen molar-refractivity contribution < 1.29 is 9.59 Å². The Balaban J connectivity index is 0.00000169. The van der Waals surface area contributed by atoms with Crippen molar-refractivity contribution in [2.75, 3.05) is 20.1 Å². The summed E-state index contributed by atoms with van der Waals surface area (Å²) in [5.74, 6) is 1.20. The molecule has 3 fully saturated rings. The standard InChI is InChI=1S/C17H24N4O2.HI/c1-18-17(20-12-3-2-4-12)19-7-8-21-15(22)13-10-5-6-11(9-10)14(13)16(21)23;/h5-6,10-14H,2-4,7-9H2,1H3,(H2,18,19,20);1H. The van der Waals surface area contributed by atoms with Crippen molar-refractivity contribution in [3.63, 3.8) is 0 Å². The van der Waals surface area contributed by atoms with Gasteiger partial charge in [-0.05, 0) is 37.5 Å². The van der Waals surface area contributed by atoms with Gasteiger partial charge in [-0.2, -0.15) is 0 Å². The molecular formula is C17H25IN4O2. The number of hydrogen-bond acceptors (Lipinski definition) is 3. The number of carbonyl (C=O) groups is 2. The van der Waals surface area contributed by atoms with E-state index in [0.29, 0.717) is 19.1 Å². The molecule has 4 atom stereocenters. The highest BCUT2D eigenvalue weighted by Crippen LogP contribution is 2.52. The molecule has 1 heterocycles. The number of aliphatic imine (C=N–C) groups is 1. The number of likely N-dealkylation sites (tertiary alicyclic amines) is 1. The van der Waals surface area contributed by atoms with Crippen molar-refractivity contribution in [1.29, 1.82) is 0 Å². The van der Waals surface area contributed by atoms with E-state index in [-0.39, 0.29) is 59.5 Å².